The molecule has 3 rings (SSSR count). The maximum absolute atomic E-state index is 13.4. The smallest absolute Gasteiger partial charge is 0.261 e. The van der Waals surface area contributed by atoms with Crippen LogP contribution in [0.4, 0.5) is 5.69 Å². The van der Waals surface area contributed by atoms with Gasteiger partial charge in [-0.25, -0.2) is 8.42 Å². The summed E-state index contributed by atoms with van der Waals surface area (Å²) in [4.78, 5) is 15.1. The van der Waals surface area contributed by atoms with E-state index in [-0.39, 0.29) is 46.7 Å². The largest absolute Gasteiger partial charge is 0.488 e. The van der Waals surface area contributed by atoms with Crippen molar-refractivity contribution in [3.05, 3.63) is 53.6 Å². The van der Waals surface area contributed by atoms with Gasteiger partial charge in [0, 0.05) is 24.7 Å². The second-order valence-electron chi connectivity index (χ2n) is 8.31. The Kier molecular flexibility index (Phi) is 7.43. The third-order valence-electron chi connectivity index (χ3n) is 5.65. The van der Waals surface area contributed by atoms with Crippen LogP contribution in [0.5, 0.6) is 5.75 Å². The van der Waals surface area contributed by atoms with Gasteiger partial charge in [-0.05, 0) is 51.2 Å². The van der Waals surface area contributed by atoms with E-state index in [1.54, 1.807) is 36.1 Å². The Morgan fingerprint density at radius 3 is 2.53 bits per heavy atom. The number of nitrogens with one attached hydrogen (secondary N) is 2. The molecule has 1 amide bonds. The first kappa shape index (κ1) is 24.0. The molecular weight excluding hydrogens is 430 g/mol. The number of aliphatic hydroxyl groups excluding tert-OH is 1. The molecule has 174 valence electrons. The number of anilines is 1. The fourth-order valence-electron chi connectivity index (χ4n) is 3.66. The molecule has 1 heterocycles. The van der Waals surface area contributed by atoms with E-state index in [0.29, 0.717) is 18.8 Å². The van der Waals surface area contributed by atoms with Gasteiger partial charge in [-0.3, -0.25) is 9.52 Å². The molecule has 9 heteroatoms. The summed E-state index contributed by atoms with van der Waals surface area (Å²) >= 11 is 0. The number of aliphatic hydroxyl groups is 1. The molecule has 0 fully saturated rings. The predicted octanol–water partition coefficient (Wildman–Crippen LogP) is 2.24. The normalized spacial score (nSPS) is 20.0. The minimum Gasteiger partial charge on any atom is -0.488 e. The number of fused-ring (bicyclic) bond motifs is 1. The first-order valence-corrected chi connectivity index (χ1v) is 12.1. The van der Waals surface area contributed by atoms with Crippen LogP contribution in [0.2, 0.25) is 0 Å². The number of carbonyl (C=O) groups is 1. The van der Waals surface area contributed by atoms with Crippen molar-refractivity contribution in [2.24, 2.45) is 5.92 Å². The Morgan fingerprint density at radius 1 is 1.22 bits per heavy atom. The van der Waals surface area contributed by atoms with E-state index in [1.807, 2.05) is 20.9 Å². The van der Waals surface area contributed by atoms with Crippen molar-refractivity contribution in [3.63, 3.8) is 0 Å². The summed E-state index contributed by atoms with van der Waals surface area (Å²) < 4.78 is 34.3. The lowest BCUT2D eigenvalue weighted by Gasteiger charge is -2.37. The van der Waals surface area contributed by atoms with Gasteiger partial charge in [0.15, 0.2) is 0 Å². The Balaban J connectivity index is 1.99. The van der Waals surface area contributed by atoms with Crippen LogP contribution in [0.1, 0.15) is 29.8 Å². The summed E-state index contributed by atoms with van der Waals surface area (Å²) in [6.07, 6.45) is -0.199. The number of aryl methyl sites for hydroxylation is 1. The molecule has 0 aromatic heterocycles. The average Bonchev–Trinajstić information content (AvgIpc) is 2.76. The number of nitrogens with zero attached hydrogens (tertiary/aromatic N) is 1. The highest BCUT2D eigenvalue weighted by molar-refractivity contribution is 7.92. The molecule has 1 aliphatic heterocycles. The van der Waals surface area contributed by atoms with Gasteiger partial charge in [0.1, 0.15) is 11.9 Å². The molecule has 32 heavy (non-hydrogen) atoms. The molecule has 0 unspecified atom stereocenters. The molecule has 0 aliphatic carbocycles. The summed E-state index contributed by atoms with van der Waals surface area (Å²) in [5.41, 5.74) is 1.47. The maximum atomic E-state index is 13.4. The molecule has 0 saturated heterocycles. The van der Waals surface area contributed by atoms with Crippen molar-refractivity contribution < 1.29 is 23.1 Å². The molecule has 2 aromatic rings. The van der Waals surface area contributed by atoms with Crippen molar-refractivity contribution in [2.45, 2.75) is 37.8 Å². The Labute approximate surface area is 189 Å². The molecule has 3 atom stereocenters. The van der Waals surface area contributed by atoms with Crippen LogP contribution in [0.25, 0.3) is 0 Å². The zero-order chi connectivity index (χ0) is 23.5. The van der Waals surface area contributed by atoms with E-state index < -0.39 is 10.0 Å². The topological polar surface area (TPSA) is 108 Å². The zero-order valence-electron chi connectivity index (χ0n) is 18.8. The van der Waals surface area contributed by atoms with Gasteiger partial charge in [-0.2, -0.15) is 0 Å². The lowest BCUT2D eigenvalue weighted by Crippen LogP contribution is -2.49. The Hall–Kier alpha value is -2.62. The van der Waals surface area contributed by atoms with Gasteiger partial charge in [0.05, 0.1) is 23.1 Å². The van der Waals surface area contributed by atoms with Crippen molar-refractivity contribution in [1.29, 1.82) is 0 Å². The van der Waals surface area contributed by atoms with Gasteiger partial charge in [-0.15, -0.1) is 0 Å². The van der Waals surface area contributed by atoms with Gasteiger partial charge in [0.2, 0.25) is 0 Å². The molecule has 1 aliphatic rings. The van der Waals surface area contributed by atoms with Crippen LogP contribution < -0.4 is 14.8 Å². The molecular formula is C23H31N3O5S. The van der Waals surface area contributed by atoms with E-state index in [2.05, 4.69) is 10.0 Å². The highest BCUT2D eigenvalue weighted by atomic mass is 32.2. The highest BCUT2D eigenvalue weighted by Gasteiger charge is 2.33. The Morgan fingerprint density at radius 2 is 1.91 bits per heavy atom. The molecule has 0 saturated carbocycles. The lowest BCUT2D eigenvalue weighted by atomic mass is 9.99. The average molecular weight is 462 g/mol. The number of amides is 1. The second-order valence-corrected chi connectivity index (χ2v) is 9.99. The number of benzene rings is 2. The Bertz CT molecular complexity index is 1060. The summed E-state index contributed by atoms with van der Waals surface area (Å²) in [7, 11) is -1.99. The van der Waals surface area contributed by atoms with E-state index in [9.17, 15) is 18.3 Å². The maximum Gasteiger partial charge on any atom is 0.261 e. The second kappa shape index (κ2) is 9.89. The van der Waals surface area contributed by atoms with Crippen LogP contribution in [0.15, 0.2) is 47.4 Å². The van der Waals surface area contributed by atoms with E-state index in [1.165, 1.54) is 18.2 Å². The quantitative estimate of drug-likeness (QED) is 0.584. The number of sulfonamides is 1. The van der Waals surface area contributed by atoms with E-state index in [4.69, 9.17) is 4.74 Å². The molecule has 8 nitrogen and oxygen atoms in total. The zero-order valence-corrected chi connectivity index (χ0v) is 19.6. The third-order valence-corrected chi connectivity index (χ3v) is 7.05. The van der Waals surface area contributed by atoms with Gasteiger partial charge in [-0.1, -0.05) is 24.6 Å². The van der Waals surface area contributed by atoms with Crippen LogP contribution in [0.3, 0.4) is 0 Å². The van der Waals surface area contributed by atoms with Crippen molar-refractivity contribution in [2.75, 3.05) is 31.5 Å². The highest BCUT2D eigenvalue weighted by Crippen LogP contribution is 2.31. The van der Waals surface area contributed by atoms with E-state index >= 15 is 0 Å². The molecule has 2 aromatic carbocycles. The van der Waals surface area contributed by atoms with Crippen molar-refractivity contribution in [3.8, 4) is 5.75 Å². The third kappa shape index (κ3) is 5.23. The minimum atomic E-state index is -3.82. The monoisotopic (exact) mass is 461 g/mol. The number of likely N-dealkylation sites (N-methyl/N-ethyl adjacent to an activating group) is 1. The molecule has 0 radical (unpaired) electrons. The SMILES string of the molecule is CNC[C@@H]1Oc2ccc(NS(=O)(=O)c3ccc(C)cc3)cc2C(=O)N([C@@H](C)CO)C[C@H]1C. The summed E-state index contributed by atoms with van der Waals surface area (Å²) in [6.45, 7) is 6.48. The van der Waals surface area contributed by atoms with Crippen LogP contribution >= 0.6 is 0 Å². The number of ether oxygens (including phenoxy) is 1. The summed E-state index contributed by atoms with van der Waals surface area (Å²) in [5, 5.41) is 12.8. The molecule has 3 N–H and O–H groups in total. The predicted molar refractivity (Wildman–Crippen MR) is 124 cm³/mol. The van der Waals surface area contributed by atoms with Crippen molar-refractivity contribution in [1.82, 2.24) is 10.2 Å². The molecule has 0 bridgehead atoms. The van der Waals surface area contributed by atoms with Crippen LogP contribution in [-0.4, -0.2) is 63.2 Å². The fourth-order valence-corrected chi connectivity index (χ4v) is 4.71. The van der Waals surface area contributed by atoms with Gasteiger partial charge >= 0.3 is 0 Å². The standard InChI is InChI=1S/C23H31N3O5S/c1-15-5-8-19(9-6-15)32(29,30)25-18-7-10-21-20(11-18)23(28)26(17(3)14-27)13-16(2)22(31-21)12-24-4/h5-11,16-17,22,24-25,27H,12-14H2,1-4H3/t16-,17+,22+/m1/s1. The van der Waals surface area contributed by atoms with Crippen molar-refractivity contribution >= 4 is 21.6 Å². The minimum absolute atomic E-state index is 0.0215. The summed E-state index contributed by atoms with van der Waals surface area (Å²) in [6, 6.07) is 10.8. The van der Waals surface area contributed by atoms with Gasteiger partial charge in [0.25, 0.3) is 15.9 Å². The number of carbonyl (C=O) groups excluding carboxylic acids is 1. The number of hydrogen-bond acceptors (Lipinski definition) is 6. The van der Waals surface area contributed by atoms with Crippen LogP contribution in [0, 0.1) is 12.8 Å². The first-order chi connectivity index (χ1) is 15.2. The van der Waals surface area contributed by atoms with Crippen LogP contribution in [-0.2, 0) is 10.0 Å². The lowest BCUT2D eigenvalue weighted by molar-refractivity contribution is 0.0416. The number of rotatable bonds is 7. The fraction of sp³-hybridized carbons (Fsp3) is 0.435. The first-order valence-electron chi connectivity index (χ1n) is 10.6. The van der Waals surface area contributed by atoms with Gasteiger partial charge < -0.3 is 20.1 Å². The molecule has 0 spiro atoms. The number of hydrogen-bond donors (Lipinski definition) is 3. The van der Waals surface area contributed by atoms with E-state index in [0.717, 1.165) is 5.56 Å². The summed E-state index contributed by atoms with van der Waals surface area (Å²) in [5.74, 6) is 0.0937.